The SMILES string of the molecule is O=C(COCCO)OCC(Cl)(Cl)Cl. The number of rotatable bonds is 5. The summed E-state index contributed by atoms with van der Waals surface area (Å²) >= 11 is 15.9. The van der Waals surface area contributed by atoms with E-state index in [0.29, 0.717) is 0 Å². The first-order chi connectivity index (χ1) is 5.95. The summed E-state index contributed by atoms with van der Waals surface area (Å²) in [5.74, 6) is -0.639. The molecule has 0 aromatic rings. The van der Waals surface area contributed by atoms with Crippen LogP contribution in [0.3, 0.4) is 0 Å². The van der Waals surface area contributed by atoms with Gasteiger partial charge in [-0.15, -0.1) is 0 Å². The molecule has 0 heterocycles. The molecule has 0 fully saturated rings. The van der Waals surface area contributed by atoms with Gasteiger partial charge in [0.25, 0.3) is 0 Å². The van der Waals surface area contributed by atoms with E-state index in [0.717, 1.165) is 0 Å². The van der Waals surface area contributed by atoms with Crippen LogP contribution in [0, 0.1) is 0 Å². The molecule has 0 unspecified atom stereocenters. The number of carbonyl (C=O) groups is 1. The van der Waals surface area contributed by atoms with Crippen LogP contribution >= 0.6 is 34.8 Å². The molecule has 78 valence electrons. The Bertz CT molecular complexity index is 156. The first kappa shape index (κ1) is 13.3. The lowest BCUT2D eigenvalue weighted by molar-refractivity contribution is -0.149. The van der Waals surface area contributed by atoms with Gasteiger partial charge in [-0.3, -0.25) is 0 Å². The first-order valence-corrected chi connectivity index (χ1v) is 4.50. The summed E-state index contributed by atoms with van der Waals surface area (Å²) in [6, 6.07) is 0. The molecular weight excluding hydrogens is 242 g/mol. The Labute approximate surface area is 90.7 Å². The lowest BCUT2D eigenvalue weighted by atomic mass is 10.7. The lowest BCUT2D eigenvalue weighted by Gasteiger charge is -2.10. The molecule has 0 atom stereocenters. The minimum absolute atomic E-state index is 0.0723. The topological polar surface area (TPSA) is 55.8 Å². The molecule has 0 aliphatic heterocycles. The van der Waals surface area contributed by atoms with Crippen LogP contribution in [0.2, 0.25) is 0 Å². The van der Waals surface area contributed by atoms with E-state index in [1.807, 2.05) is 0 Å². The Balaban J connectivity index is 3.41. The number of aliphatic hydroxyl groups excluding tert-OH is 1. The van der Waals surface area contributed by atoms with Crippen molar-refractivity contribution in [3.05, 3.63) is 0 Å². The summed E-state index contributed by atoms with van der Waals surface area (Å²) in [6.07, 6.45) is 0. The number of ether oxygens (including phenoxy) is 2. The van der Waals surface area contributed by atoms with Crippen LogP contribution in [0.4, 0.5) is 0 Å². The minimum Gasteiger partial charge on any atom is -0.459 e. The third-order valence-corrected chi connectivity index (χ3v) is 1.18. The predicted molar refractivity (Wildman–Crippen MR) is 49.2 cm³/mol. The highest BCUT2D eigenvalue weighted by Gasteiger charge is 2.21. The van der Waals surface area contributed by atoms with Crippen LogP contribution in [0.25, 0.3) is 0 Å². The molecule has 0 aromatic carbocycles. The van der Waals surface area contributed by atoms with Gasteiger partial charge in [0.2, 0.25) is 3.79 Å². The Morgan fingerprint density at radius 2 is 2.00 bits per heavy atom. The largest absolute Gasteiger partial charge is 0.459 e. The molecule has 13 heavy (non-hydrogen) atoms. The molecule has 0 saturated carbocycles. The Morgan fingerprint density at radius 3 is 2.46 bits per heavy atom. The average Bonchev–Trinajstić information content (AvgIpc) is 2.00. The normalized spacial score (nSPS) is 11.4. The average molecular weight is 251 g/mol. The summed E-state index contributed by atoms with van der Waals surface area (Å²) in [5.41, 5.74) is 0. The number of carbonyl (C=O) groups excluding carboxylic acids is 1. The van der Waals surface area contributed by atoms with E-state index in [1.165, 1.54) is 0 Å². The number of aliphatic hydroxyl groups is 1. The Hall–Kier alpha value is 0.260. The van der Waals surface area contributed by atoms with E-state index >= 15 is 0 Å². The summed E-state index contributed by atoms with van der Waals surface area (Å²) in [4.78, 5) is 10.8. The van der Waals surface area contributed by atoms with E-state index in [4.69, 9.17) is 39.9 Å². The fourth-order valence-electron chi connectivity index (χ4n) is 0.424. The molecule has 0 aromatic heterocycles. The van der Waals surface area contributed by atoms with Gasteiger partial charge in [-0.25, -0.2) is 4.79 Å². The maximum atomic E-state index is 10.8. The van der Waals surface area contributed by atoms with Crippen molar-refractivity contribution in [3.63, 3.8) is 0 Å². The van der Waals surface area contributed by atoms with Gasteiger partial charge in [0.15, 0.2) is 0 Å². The van der Waals surface area contributed by atoms with E-state index in [-0.39, 0.29) is 26.4 Å². The smallest absolute Gasteiger partial charge is 0.332 e. The number of halogens is 3. The maximum Gasteiger partial charge on any atom is 0.332 e. The molecule has 0 saturated heterocycles. The van der Waals surface area contributed by atoms with Gasteiger partial charge in [-0.1, -0.05) is 34.8 Å². The fraction of sp³-hybridized carbons (Fsp3) is 0.833. The number of hydrogen-bond donors (Lipinski definition) is 1. The zero-order valence-electron chi connectivity index (χ0n) is 6.63. The van der Waals surface area contributed by atoms with Crippen molar-refractivity contribution >= 4 is 40.8 Å². The molecule has 0 aliphatic rings. The van der Waals surface area contributed by atoms with Crippen molar-refractivity contribution in [1.82, 2.24) is 0 Å². The van der Waals surface area contributed by atoms with E-state index in [9.17, 15) is 4.79 Å². The van der Waals surface area contributed by atoms with Crippen LogP contribution < -0.4 is 0 Å². The second kappa shape index (κ2) is 6.68. The van der Waals surface area contributed by atoms with Crippen molar-refractivity contribution in [3.8, 4) is 0 Å². The van der Waals surface area contributed by atoms with E-state index < -0.39 is 9.76 Å². The molecule has 7 heteroatoms. The van der Waals surface area contributed by atoms with Gasteiger partial charge >= 0.3 is 5.97 Å². The Morgan fingerprint density at radius 1 is 1.38 bits per heavy atom. The molecule has 0 rings (SSSR count). The monoisotopic (exact) mass is 250 g/mol. The highest BCUT2D eigenvalue weighted by molar-refractivity contribution is 6.67. The first-order valence-electron chi connectivity index (χ1n) is 3.36. The maximum absolute atomic E-state index is 10.8. The number of alkyl halides is 3. The van der Waals surface area contributed by atoms with Crippen LogP contribution in [0.5, 0.6) is 0 Å². The molecular formula is C6H9Cl3O4. The van der Waals surface area contributed by atoms with E-state index in [1.54, 1.807) is 0 Å². The van der Waals surface area contributed by atoms with E-state index in [2.05, 4.69) is 9.47 Å². The molecule has 0 radical (unpaired) electrons. The van der Waals surface area contributed by atoms with Crippen molar-refractivity contribution in [2.45, 2.75) is 3.79 Å². The third-order valence-electron chi connectivity index (χ3n) is 0.852. The second-order valence-corrected chi connectivity index (χ2v) is 4.57. The summed E-state index contributed by atoms with van der Waals surface area (Å²) in [7, 11) is 0. The van der Waals surface area contributed by atoms with Gasteiger partial charge < -0.3 is 14.6 Å². The summed E-state index contributed by atoms with van der Waals surface area (Å²) < 4.78 is 7.56. The molecule has 4 nitrogen and oxygen atoms in total. The summed E-state index contributed by atoms with van der Waals surface area (Å²) in [5, 5.41) is 8.30. The highest BCUT2D eigenvalue weighted by atomic mass is 35.6. The van der Waals surface area contributed by atoms with Crippen molar-refractivity contribution in [2.75, 3.05) is 26.4 Å². The highest BCUT2D eigenvalue weighted by Crippen LogP contribution is 2.25. The van der Waals surface area contributed by atoms with Gasteiger partial charge in [-0.2, -0.15) is 0 Å². The van der Waals surface area contributed by atoms with Crippen LogP contribution in [0.15, 0.2) is 0 Å². The van der Waals surface area contributed by atoms with Gasteiger partial charge in [0, 0.05) is 0 Å². The zero-order valence-corrected chi connectivity index (χ0v) is 8.90. The minimum atomic E-state index is -1.60. The predicted octanol–water partition coefficient (Wildman–Crippen LogP) is 0.909. The molecule has 1 N–H and O–H groups in total. The zero-order chi connectivity index (χ0) is 10.3. The van der Waals surface area contributed by atoms with Gasteiger partial charge in [0.05, 0.1) is 13.2 Å². The van der Waals surface area contributed by atoms with Crippen molar-refractivity contribution in [2.24, 2.45) is 0 Å². The van der Waals surface area contributed by atoms with Crippen molar-refractivity contribution < 1.29 is 19.4 Å². The van der Waals surface area contributed by atoms with Crippen LogP contribution in [0.1, 0.15) is 0 Å². The summed E-state index contributed by atoms with van der Waals surface area (Å²) in [6.45, 7) is -0.666. The fourth-order valence-corrected chi connectivity index (χ4v) is 0.588. The molecule has 0 aliphatic carbocycles. The van der Waals surface area contributed by atoms with Gasteiger partial charge in [0.1, 0.15) is 13.2 Å². The Kier molecular flexibility index (Phi) is 6.81. The molecule has 0 bridgehead atoms. The molecule has 0 spiro atoms. The lowest BCUT2D eigenvalue weighted by Crippen LogP contribution is -2.21. The van der Waals surface area contributed by atoms with Crippen molar-refractivity contribution in [1.29, 1.82) is 0 Å². The third kappa shape index (κ3) is 10.2. The second-order valence-electron chi connectivity index (χ2n) is 2.05. The quantitative estimate of drug-likeness (QED) is 0.448. The van der Waals surface area contributed by atoms with Crippen LogP contribution in [-0.4, -0.2) is 41.3 Å². The standard InChI is InChI=1S/C6H9Cl3O4/c7-6(8,9)4-13-5(11)3-12-2-1-10/h10H,1-4H2. The number of hydrogen-bond acceptors (Lipinski definition) is 4. The van der Waals surface area contributed by atoms with Gasteiger partial charge in [-0.05, 0) is 0 Å². The molecule has 0 amide bonds. The number of esters is 1. The van der Waals surface area contributed by atoms with Crippen LogP contribution in [-0.2, 0) is 14.3 Å².